The SMILES string of the molecule is O=C(Nc1cc2ccccc2cn1)NC1CCN(c2ccc(C(F)(F)F)cn2)C1. The Labute approximate surface area is 164 Å². The topological polar surface area (TPSA) is 70.2 Å². The first-order chi connectivity index (χ1) is 13.9. The number of halogens is 3. The lowest BCUT2D eigenvalue weighted by atomic mass is 10.2. The highest BCUT2D eigenvalue weighted by molar-refractivity contribution is 5.91. The summed E-state index contributed by atoms with van der Waals surface area (Å²) in [5, 5.41) is 7.54. The van der Waals surface area contributed by atoms with E-state index in [1.54, 1.807) is 12.3 Å². The Morgan fingerprint density at radius 3 is 2.59 bits per heavy atom. The number of nitrogens with one attached hydrogen (secondary N) is 2. The standard InChI is InChI=1S/C20H18F3N5O/c21-20(22,23)15-5-6-18(25-11-15)28-8-7-16(12-28)26-19(29)27-17-9-13-3-1-2-4-14(13)10-24-17/h1-6,9-11,16H,7-8,12H2,(H2,24,26,27,29). The third kappa shape index (κ3) is 4.39. The molecule has 0 aliphatic carbocycles. The maximum absolute atomic E-state index is 12.7. The fourth-order valence-corrected chi connectivity index (χ4v) is 3.32. The van der Waals surface area contributed by atoms with Crippen LogP contribution < -0.4 is 15.5 Å². The first-order valence-corrected chi connectivity index (χ1v) is 9.09. The van der Waals surface area contributed by atoms with Gasteiger partial charge in [-0.25, -0.2) is 14.8 Å². The predicted molar refractivity (Wildman–Crippen MR) is 104 cm³/mol. The van der Waals surface area contributed by atoms with Crippen molar-refractivity contribution in [2.45, 2.75) is 18.6 Å². The largest absolute Gasteiger partial charge is 0.417 e. The Balaban J connectivity index is 1.34. The van der Waals surface area contributed by atoms with Crippen molar-refractivity contribution in [2.24, 2.45) is 0 Å². The lowest BCUT2D eigenvalue weighted by Gasteiger charge is -2.18. The van der Waals surface area contributed by atoms with Crippen molar-refractivity contribution in [3.63, 3.8) is 0 Å². The first-order valence-electron chi connectivity index (χ1n) is 9.09. The Morgan fingerprint density at radius 1 is 1.07 bits per heavy atom. The highest BCUT2D eigenvalue weighted by Crippen LogP contribution is 2.30. The molecule has 0 spiro atoms. The lowest BCUT2D eigenvalue weighted by molar-refractivity contribution is -0.137. The monoisotopic (exact) mass is 401 g/mol. The second-order valence-corrected chi connectivity index (χ2v) is 6.85. The van der Waals surface area contributed by atoms with E-state index in [1.807, 2.05) is 29.2 Å². The van der Waals surface area contributed by atoms with E-state index in [-0.39, 0.29) is 12.1 Å². The average molecular weight is 401 g/mol. The van der Waals surface area contributed by atoms with Gasteiger partial charge in [0.1, 0.15) is 11.6 Å². The number of rotatable bonds is 3. The molecule has 0 radical (unpaired) electrons. The summed E-state index contributed by atoms with van der Waals surface area (Å²) in [6.45, 7) is 1.06. The van der Waals surface area contributed by atoms with Gasteiger partial charge < -0.3 is 10.2 Å². The Morgan fingerprint density at radius 2 is 1.86 bits per heavy atom. The molecule has 0 saturated carbocycles. The third-order valence-electron chi connectivity index (χ3n) is 4.80. The van der Waals surface area contributed by atoms with Gasteiger partial charge in [-0.3, -0.25) is 5.32 Å². The van der Waals surface area contributed by atoms with Gasteiger partial charge in [-0.1, -0.05) is 24.3 Å². The minimum Gasteiger partial charge on any atom is -0.354 e. The molecule has 150 valence electrons. The zero-order chi connectivity index (χ0) is 20.4. The van der Waals surface area contributed by atoms with Gasteiger partial charge in [0.05, 0.1) is 5.56 Å². The molecule has 1 fully saturated rings. The van der Waals surface area contributed by atoms with Gasteiger partial charge in [0.15, 0.2) is 0 Å². The summed E-state index contributed by atoms with van der Waals surface area (Å²) in [4.78, 5) is 22.3. The van der Waals surface area contributed by atoms with Crippen LogP contribution in [0.25, 0.3) is 10.8 Å². The zero-order valence-corrected chi connectivity index (χ0v) is 15.3. The molecular formula is C20H18F3N5O. The van der Waals surface area contributed by atoms with E-state index in [2.05, 4.69) is 20.6 Å². The average Bonchev–Trinajstić information content (AvgIpc) is 3.15. The van der Waals surface area contributed by atoms with Gasteiger partial charge in [0.2, 0.25) is 0 Å². The smallest absolute Gasteiger partial charge is 0.354 e. The van der Waals surface area contributed by atoms with Crippen molar-refractivity contribution in [3.8, 4) is 0 Å². The molecule has 3 aromatic rings. The summed E-state index contributed by atoms with van der Waals surface area (Å²) in [5.74, 6) is 0.902. The van der Waals surface area contributed by atoms with Crippen LogP contribution in [0.2, 0.25) is 0 Å². The molecule has 1 saturated heterocycles. The second kappa shape index (κ2) is 7.57. The van der Waals surface area contributed by atoms with Gasteiger partial charge in [0, 0.05) is 36.9 Å². The van der Waals surface area contributed by atoms with Crippen LogP contribution in [-0.4, -0.2) is 35.1 Å². The van der Waals surface area contributed by atoms with E-state index in [9.17, 15) is 18.0 Å². The van der Waals surface area contributed by atoms with Crippen LogP contribution in [0.15, 0.2) is 54.9 Å². The molecule has 29 heavy (non-hydrogen) atoms. The molecule has 1 aromatic carbocycles. The molecular weight excluding hydrogens is 383 g/mol. The number of anilines is 2. The summed E-state index contributed by atoms with van der Waals surface area (Å²) < 4.78 is 38.0. The molecule has 2 N–H and O–H groups in total. The van der Waals surface area contributed by atoms with Gasteiger partial charge in [-0.2, -0.15) is 13.2 Å². The summed E-state index contributed by atoms with van der Waals surface area (Å²) in [7, 11) is 0. The Kier molecular flexibility index (Phi) is 4.96. The maximum atomic E-state index is 12.7. The van der Waals surface area contributed by atoms with E-state index in [0.717, 1.165) is 23.0 Å². The summed E-state index contributed by atoms with van der Waals surface area (Å²) >= 11 is 0. The second-order valence-electron chi connectivity index (χ2n) is 6.85. The molecule has 9 heteroatoms. The number of alkyl halides is 3. The Bertz CT molecular complexity index is 1020. The molecule has 2 amide bonds. The van der Waals surface area contributed by atoms with E-state index >= 15 is 0 Å². The van der Waals surface area contributed by atoms with Gasteiger partial charge in [-0.05, 0) is 30.0 Å². The van der Waals surface area contributed by atoms with Crippen LogP contribution in [-0.2, 0) is 6.18 Å². The van der Waals surface area contributed by atoms with E-state index < -0.39 is 11.7 Å². The molecule has 6 nitrogen and oxygen atoms in total. The first kappa shape index (κ1) is 19.0. The van der Waals surface area contributed by atoms with Crippen LogP contribution in [0.3, 0.4) is 0 Å². The molecule has 1 aliphatic rings. The van der Waals surface area contributed by atoms with Crippen molar-refractivity contribution < 1.29 is 18.0 Å². The molecule has 3 heterocycles. The van der Waals surface area contributed by atoms with Crippen molar-refractivity contribution in [3.05, 3.63) is 60.4 Å². The number of nitrogens with zero attached hydrogens (tertiary/aromatic N) is 3. The van der Waals surface area contributed by atoms with Crippen LogP contribution in [0, 0.1) is 0 Å². The van der Waals surface area contributed by atoms with Gasteiger partial charge >= 0.3 is 12.2 Å². The number of hydrogen-bond donors (Lipinski definition) is 2. The number of aromatic nitrogens is 2. The molecule has 1 atom stereocenters. The maximum Gasteiger partial charge on any atom is 0.417 e. The number of carbonyl (C=O) groups excluding carboxylic acids is 1. The van der Waals surface area contributed by atoms with Crippen LogP contribution in [0.1, 0.15) is 12.0 Å². The molecule has 1 unspecified atom stereocenters. The molecule has 2 aromatic heterocycles. The predicted octanol–water partition coefficient (Wildman–Crippen LogP) is 4.05. The van der Waals surface area contributed by atoms with E-state index in [4.69, 9.17) is 0 Å². The highest BCUT2D eigenvalue weighted by Gasteiger charge is 2.31. The summed E-state index contributed by atoms with van der Waals surface area (Å²) in [5.41, 5.74) is -0.780. The molecule has 1 aliphatic heterocycles. The number of pyridine rings is 2. The molecule has 0 bridgehead atoms. The van der Waals surface area contributed by atoms with Crippen molar-refractivity contribution in [1.82, 2.24) is 15.3 Å². The van der Waals surface area contributed by atoms with Crippen molar-refractivity contribution in [1.29, 1.82) is 0 Å². The third-order valence-corrected chi connectivity index (χ3v) is 4.80. The van der Waals surface area contributed by atoms with Gasteiger partial charge in [-0.15, -0.1) is 0 Å². The number of fused-ring (bicyclic) bond motifs is 1. The normalized spacial score (nSPS) is 16.8. The number of amides is 2. The minimum absolute atomic E-state index is 0.139. The van der Waals surface area contributed by atoms with Crippen LogP contribution in [0.5, 0.6) is 0 Å². The Hall–Kier alpha value is -3.36. The van der Waals surface area contributed by atoms with Crippen molar-refractivity contribution >= 4 is 28.4 Å². The lowest BCUT2D eigenvalue weighted by Crippen LogP contribution is -2.40. The minimum atomic E-state index is -4.41. The zero-order valence-electron chi connectivity index (χ0n) is 15.3. The van der Waals surface area contributed by atoms with Crippen LogP contribution >= 0.6 is 0 Å². The quantitative estimate of drug-likeness (QED) is 0.695. The fourth-order valence-electron chi connectivity index (χ4n) is 3.32. The number of urea groups is 1. The summed E-state index contributed by atoms with van der Waals surface area (Å²) in [6.07, 6.45) is -1.22. The van der Waals surface area contributed by atoms with Crippen LogP contribution in [0.4, 0.5) is 29.6 Å². The van der Waals surface area contributed by atoms with Gasteiger partial charge in [0.25, 0.3) is 0 Å². The van der Waals surface area contributed by atoms with Crippen molar-refractivity contribution in [2.75, 3.05) is 23.3 Å². The number of hydrogen-bond acceptors (Lipinski definition) is 4. The number of carbonyl (C=O) groups is 1. The molecule has 4 rings (SSSR count). The highest BCUT2D eigenvalue weighted by atomic mass is 19.4. The van der Waals surface area contributed by atoms with E-state index in [1.165, 1.54) is 6.07 Å². The number of benzene rings is 1. The summed E-state index contributed by atoms with van der Waals surface area (Å²) in [6, 6.07) is 11.4. The fraction of sp³-hybridized carbons (Fsp3) is 0.250. The van der Waals surface area contributed by atoms with E-state index in [0.29, 0.717) is 31.1 Å².